The molecule has 4 aliphatic rings. The number of Topliss-reactive ketones (excluding diaryl/α,β-unsaturated/α-hetero) is 1. The van der Waals surface area contributed by atoms with Crippen LogP contribution in [0.15, 0.2) is 77.6 Å². The van der Waals surface area contributed by atoms with Crippen molar-refractivity contribution in [3.8, 4) is 11.5 Å². The molecule has 1 fully saturated rings. The van der Waals surface area contributed by atoms with Gasteiger partial charge in [0.25, 0.3) is 0 Å². The SMILES string of the molecule is COc1ccc(Cn2c(C3C(=O)C(C4C=C5CCCCC5=[N+]4Cc4ccc(OC)cc4)=C3[O-])cc3c2CCCC3)cc1. The molecule has 216 valence electrons. The number of ketones is 1. The van der Waals surface area contributed by atoms with Gasteiger partial charge in [-0.2, -0.15) is 0 Å². The Kier molecular flexibility index (Phi) is 7.01. The molecule has 2 heterocycles. The molecule has 6 heteroatoms. The number of benzene rings is 2. The van der Waals surface area contributed by atoms with Crippen LogP contribution in [0.4, 0.5) is 0 Å². The fourth-order valence-corrected chi connectivity index (χ4v) is 7.39. The van der Waals surface area contributed by atoms with E-state index in [1.54, 1.807) is 14.2 Å². The number of allylic oxidation sites excluding steroid dienone is 2. The van der Waals surface area contributed by atoms with E-state index in [1.807, 2.05) is 24.3 Å². The molecule has 1 saturated carbocycles. The Labute approximate surface area is 247 Å². The fourth-order valence-electron chi connectivity index (χ4n) is 7.39. The van der Waals surface area contributed by atoms with E-state index in [0.29, 0.717) is 18.7 Å². The normalized spacial score (nSPS) is 21.6. The van der Waals surface area contributed by atoms with Gasteiger partial charge in [0, 0.05) is 35.5 Å². The van der Waals surface area contributed by atoms with Crippen molar-refractivity contribution in [1.82, 2.24) is 4.57 Å². The second-order valence-electron chi connectivity index (χ2n) is 12.0. The van der Waals surface area contributed by atoms with Gasteiger partial charge >= 0.3 is 0 Å². The molecule has 0 N–H and O–H groups in total. The van der Waals surface area contributed by atoms with Gasteiger partial charge in [0.1, 0.15) is 11.5 Å². The van der Waals surface area contributed by atoms with Crippen molar-refractivity contribution in [1.29, 1.82) is 0 Å². The average Bonchev–Trinajstić information content (AvgIpc) is 3.55. The molecule has 2 aromatic carbocycles. The summed E-state index contributed by atoms with van der Waals surface area (Å²) in [6, 6.07) is 18.1. The highest BCUT2D eigenvalue weighted by atomic mass is 16.5. The summed E-state index contributed by atoms with van der Waals surface area (Å²) in [7, 11) is 3.34. The van der Waals surface area contributed by atoms with E-state index >= 15 is 0 Å². The topological polar surface area (TPSA) is 66.5 Å². The minimum absolute atomic E-state index is 0.00773. The van der Waals surface area contributed by atoms with E-state index in [0.717, 1.165) is 79.7 Å². The first-order chi connectivity index (χ1) is 20.6. The van der Waals surface area contributed by atoms with Crippen LogP contribution in [-0.4, -0.2) is 40.9 Å². The molecule has 1 aliphatic heterocycles. The van der Waals surface area contributed by atoms with Gasteiger partial charge in [-0.05, 0) is 105 Å². The maximum Gasteiger partial charge on any atom is 0.200 e. The number of hydrogen-bond acceptors (Lipinski definition) is 4. The van der Waals surface area contributed by atoms with Gasteiger partial charge in [-0.3, -0.25) is 4.79 Å². The molecule has 3 aromatic rings. The maximum absolute atomic E-state index is 14.1. The minimum atomic E-state index is -0.710. The highest BCUT2D eigenvalue weighted by molar-refractivity contribution is 6.11. The Balaban J connectivity index is 1.24. The third-order valence-electron chi connectivity index (χ3n) is 9.62. The molecule has 6 nitrogen and oxygen atoms in total. The summed E-state index contributed by atoms with van der Waals surface area (Å²) in [6.45, 7) is 1.32. The highest BCUT2D eigenvalue weighted by Gasteiger charge is 2.47. The molecule has 2 unspecified atom stereocenters. The molecule has 7 rings (SSSR count). The number of aryl methyl sites for hydroxylation is 1. The lowest BCUT2D eigenvalue weighted by atomic mass is 9.76. The van der Waals surface area contributed by atoms with Crippen molar-refractivity contribution in [3.63, 3.8) is 0 Å². The Morgan fingerprint density at radius 3 is 2.19 bits per heavy atom. The molecule has 2 atom stereocenters. The Morgan fingerprint density at radius 2 is 1.50 bits per heavy atom. The number of carbonyl (C=O) groups excluding carboxylic acids is 1. The van der Waals surface area contributed by atoms with Gasteiger partial charge in [0.15, 0.2) is 18.0 Å². The van der Waals surface area contributed by atoms with Gasteiger partial charge < -0.3 is 19.1 Å². The predicted octanol–water partition coefficient (Wildman–Crippen LogP) is 5.25. The number of fused-ring (bicyclic) bond motifs is 2. The molecule has 0 bridgehead atoms. The van der Waals surface area contributed by atoms with Crippen LogP contribution < -0.4 is 14.6 Å². The van der Waals surface area contributed by atoms with Crippen molar-refractivity contribution in [3.05, 3.63) is 106 Å². The largest absolute Gasteiger partial charge is 0.874 e. The molecular formula is C36H38N2O4. The van der Waals surface area contributed by atoms with Crippen molar-refractivity contribution >= 4 is 11.5 Å². The minimum Gasteiger partial charge on any atom is -0.874 e. The first kappa shape index (κ1) is 26.8. The summed E-state index contributed by atoms with van der Waals surface area (Å²) in [5, 5.41) is 14.1. The Morgan fingerprint density at radius 1 is 0.857 bits per heavy atom. The molecule has 3 aliphatic carbocycles. The first-order valence-corrected chi connectivity index (χ1v) is 15.3. The van der Waals surface area contributed by atoms with Crippen molar-refractivity contribution in [2.75, 3.05) is 14.2 Å². The van der Waals surface area contributed by atoms with Gasteiger partial charge in [0.2, 0.25) is 6.04 Å². The second kappa shape index (κ2) is 11.0. The number of methoxy groups -OCH3 is 2. The lowest BCUT2D eigenvalue weighted by molar-refractivity contribution is -0.559. The zero-order chi connectivity index (χ0) is 28.8. The third kappa shape index (κ3) is 4.57. The van der Waals surface area contributed by atoms with Gasteiger partial charge in [-0.25, -0.2) is 4.58 Å². The molecule has 0 amide bonds. The Bertz CT molecular complexity index is 1620. The third-order valence-corrected chi connectivity index (χ3v) is 9.62. The number of rotatable bonds is 8. The van der Waals surface area contributed by atoms with Crippen LogP contribution in [0.5, 0.6) is 11.5 Å². The maximum atomic E-state index is 14.1. The van der Waals surface area contributed by atoms with Crippen LogP contribution in [0.25, 0.3) is 0 Å². The van der Waals surface area contributed by atoms with E-state index in [1.165, 1.54) is 22.5 Å². The lowest BCUT2D eigenvalue weighted by Gasteiger charge is -2.38. The predicted molar refractivity (Wildman–Crippen MR) is 160 cm³/mol. The average molecular weight is 563 g/mol. The number of hydrogen-bond donors (Lipinski definition) is 0. The smallest absolute Gasteiger partial charge is 0.200 e. The van der Waals surface area contributed by atoms with E-state index in [9.17, 15) is 9.90 Å². The van der Waals surface area contributed by atoms with Crippen molar-refractivity contribution < 1.29 is 24.0 Å². The number of aromatic nitrogens is 1. The summed E-state index contributed by atoms with van der Waals surface area (Å²) in [6.07, 6.45) is 10.8. The highest BCUT2D eigenvalue weighted by Crippen LogP contribution is 2.43. The van der Waals surface area contributed by atoms with Crippen LogP contribution in [0, 0.1) is 0 Å². The fraction of sp³-hybridized carbons (Fsp3) is 0.389. The van der Waals surface area contributed by atoms with Crippen LogP contribution in [0.3, 0.4) is 0 Å². The summed E-state index contributed by atoms with van der Waals surface area (Å²) in [4.78, 5) is 14.1. The van der Waals surface area contributed by atoms with Crippen LogP contribution in [0.1, 0.15) is 72.5 Å². The summed E-state index contributed by atoms with van der Waals surface area (Å²) in [5.41, 5.74) is 8.80. The first-order valence-electron chi connectivity index (χ1n) is 15.3. The molecule has 0 radical (unpaired) electrons. The zero-order valence-corrected chi connectivity index (χ0v) is 24.5. The number of carbonyl (C=O) groups is 1. The number of nitrogens with zero attached hydrogens (tertiary/aromatic N) is 2. The second-order valence-corrected chi connectivity index (χ2v) is 12.0. The molecule has 0 saturated heterocycles. The molecule has 42 heavy (non-hydrogen) atoms. The van der Waals surface area contributed by atoms with Gasteiger partial charge in [0.05, 0.1) is 25.7 Å². The van der Waals surface area contributed by atoms with Crippen LogP contribution in [-0.2, 0) is 30.7 Å². The Hall–Kier alpha value is -4.06. The summed E-state index contributed by atoms with van der Waals surface area (Å²) >= 11 is 0. The summed E-state index contributed by atoms with van der Waals surface area (Å²) in [5.74, 6) is 0.916. The monoisotopic (exact) mass is 562 g/mol. The quantitative estimate of drug-likeness (QED) is 0.352. The molecular weight excluding hydrogens is 524 g/mol. The van der Waals surface area contributed by atoms with E-state index in [2.05, 4.69) is 45.6 Å². The van der Waals surface area contributed by atoms with E-state index in [-0.39, 0.29) is 17.6 Å². The lowest BCUT2D eigenvalue weighted by Crippen LogP contribution is -2.44. The molecule has 0 spiro atoms. The van der Waals surface area contributed by atoms with Gasteiger partial charge in [-0.1, -0.05) is 12.1 Å². The van der Waals surface area contributed by atoms with Crippen molar-refractivity contribution in [2.24, 2.45) is 0 Å². The zero-order valence-electron chi connectivity index (χ0n) is 24.5. The van der Waals surface area contributed by atoms with Crippen LogP contribution in [0.2, 0.25) is 0 Å². The number of ether oxygens (including phenoxy) is 2. The summed E-state index contributed by atoms with van der Waals surface area (Å²) < 4.78 is 15.3. The van der Waals surface area contributed by atoms with Gasteiger partial charge in [-0.15, -0.1) is 5.76 Å². The van der Waals surface area contributed by atoms with Crippen LogP contribution >= 0.6 is 0 Å². The van der Waals surface area contributed by atoms with Crippen molar-refractivity contribution in [2.45, 2.75) is 76.4 Å². The van der Waals surface area contributed by atoms with E-state index < -0.39 is 5.92 Å². The standard InChI is InChI=1S/C36H38N2O4/c1-41-27-15-11-23(12-16-27)21-37-29-9-5-3-7-25(29)19-31(37)33-35(39)34(36(33)40)32-20-26-8-4-6-10-30(26)38(32)22-24-13-17-28(42-2)18-14-24/h11-20,31,34H,3-10,21-22H2,1-2H3. The van der Waals surface area contributed by atoms with E-state index in [4.69, 9.17) is 9.47 Å². The molecule has 1 aromatic heterocycles.